The zero-order chi connectivity index (χ0) is 19.0. The second-order valence-corrected chi connectivity index (χ2v) is 6.17. The lowest BCUT2D eigenvalue weighted by atomic mass is 10.2. The number of halogens is 1. The van der Waals surface area contributed by atoms with E-state index in [1.807, 2.05) is 18.7 Å². The fraction of sp³-hybridized carbons (Fsp3) is 0.389. The molecule has 0 radical (unpaired) electrons. The molecule has 0 saturated carbocycles. The first kappa shape index (κ1) is 17.9. The van der Waals surface area contributed by atoms with Crippen molar-refractivity contribution in [1.82, 2.24) is 18.7 Å². The number of fused-ring (bicyclic) bond motifs is 1. The van der Waals surface area contributed by atoms with Crippen LogP contribution in [0.5, 0.6) is 0 Å². The Morgan fingerprint density at radius 1 is 1.04 bits per heavy atom. The highest BCUT2D eigenvalue weighted by Gasteiger charge is 2.21. The van der Waals surface area contributed by atoms with Gasteiger partial charge in [0.1, 0.15) is 5.82 Å². The summed E-state index contributed by atoms with van der Waals surface area (Å²) in [6.07, 6.45) is 0. The van der Waals surface area contributed by atoms with Crippen LogP contribution in [-0.2, 0) is 20.6 Å². The molecule has 0 atom stereocenters. The van der Waals surface area contributed by atoms with Crippen molar-refractivity contribution in [1.29, 1.82) is 0 Å². The van der Waals surface area contributed by atoms with Crippen molar-refractivity contribution in [3.8, 4) is 0 Å². The Hall–Kier alpha value is -2.90. The van der Waals surface area contributed by atoms with Crippen LogP contribution in [0, 0.1) is 5.82 Å². The zero-order valence-electron chi connectivity index (χ0n) is 15.4. The Labute approximate surface area is 149 Å². The molecule has 2 heterocycles. The van der Waals surface area contributed by atoms with Crippen molar-refractivity contribution < 1.29 is 4.39 Å². The number of imidazole rings is 1. The maximum Gasteiger partial charge on any atom is 0.332 e. The Balaban J connectivity index is 2.33. The van der Waals surface area contributed by atoms with E-state index in [0.717, 1.165) is 10.1 Å². The molecule has 26 heavy (non-hydrogen) atoms. The molecule has 8 heteroatoms. The van der Waals surface area contributed by atoms with Crippen LogP contribution in [0.1, 0.15) is 19.4 Å². The van der Waals surface area contributed by atoms with E-state index in [-0.39, 0.29) is 5.82 Å². The fourth-order valence-corrected chi connectivity index (χ4v) is 3.11. The van der Waals surface area contributed by atoms with Crippen LogP contribution in [0.15, 0.2) is 33.9 Å². The molecule has 0 aliphatic carbocycles. The molecular formula is C18H22FN5O2. The van der Waals surface area contributed by atoms with Crippen LogP contribution in [0.25, 0.3) is 11.2 Å². The van der Waals surface area contributed by atoms with Crippen molar-refractivity contribution in [2.75, 3.05) is 18.0 Å². The average Bonchev–Trinajstić information content (AvgIpc) is 3.00. The number of aryl methyl sites for hydroxylation is 1. The smallest absolute Gasteiger partial charge is 0.332 e. The van der Waals surface area contributed by atoms with E-state index in [1.165, 1.54) is 23.7 Å². The number of anilines is 1. The van der Waals surface area contributed by atoms with Gasteiger partial charge in [-0.15, -0.1) is 0 Å². The highest BCUT2D eigenvalue weighted by atomic mass is 19.1. The molecule has 0 aliphatic heterocycles. The van der Waals surface area contributed by atoms with E-state index in [0.29, 0.717) is 36.7 Å². The Morgan fingerprint density at radius 3 is 2.23 bits per heavy atom. The van der Waals surface area contributed by atoms with Crippen LogP contribution < -0.4 is 16.1 Å². The van der Waals surface area contributed by atoms with Gasteiger partial charge in [-0.2, -0.15) is 4.98 Å². The second kappa shape index (κ2) is 6.78. The summed E-state index contributed by atoms with van der Waals surface area (Å²) in [5.41, 5.74) is 0.745. The van der Waals surface area contributed by atoms with Crippen molar-refractivity contribution in [2.24, 2.45) is 14.1 Å². The number of hydrogen-bond acceptors (Lipinski definition) is 4. The van der Waals surface area contributed by atoms with Gasteiger partial charge < -0.3 is 4.90 Å². The van der Waals surface area contributed by atoms with Gasteiger partial charge >= 0.3 is 5.69 Å². The lowest BCUT2D eigenvalue weighted by Crippen LogP contribution is -2.37. The molecule has 1 aromatic carbocycles. The van der Waals surface area contributed by atoms with Gasteiger partial charge in [0.15, 0.2) is 11.2 Å². The highest BCUT2D eigenvalue weighted by molar-refractivity contribution is 5.74. The van der Waals surface area contributed by atoms with E-state index < -0.39 is 11.2 Å². The first-order valence-corrected chi connectivity index (χ1v) is 8.54. The average molecular weight is 359 g/mol. The third-order valence-electron chi connectivity index (χ3n) is 4.63. The maximum absolute atomic E-state index is 13.2. The topological polar surface area (TPSA) is 65.1 Å². The molecule has 0 N–H and O–H groups in total. The van der Waals surface area contributed by atoms with E-state index >= 15 is 0 Å². The largest absolute Gasteiger partial charge is 0.343 e. The van der Waals surface area contributed by atoms with Gasteiger partial charge in [0.25, 0.3) is 5.56 Å². The number of rotatable bonds is 5. The van der Waals surface area contributed by atoms with E-state index in [4.69, 9.17) is 0 Å². The minimum Gasteiger partial charge on any atom is -0.343 e. The molecule has 0 unspecified atom stereocenters. The maximum atomic E-state index is 13.2. The molecule has 0 bridgehead atoms. The highest BCUT2D eigenvalue weighted by Crippen LogP contribution is 2.21. The molecule has 3 rings (SSSR count). The summed E-state index contributed by atoms with van der Waals surface area (Å²) in [6, 6.07) is 6.14. The molecule has 138 valence electrons. The summed E-state index contributed by atoms with van der Waals surface area (Å²) in [4.78, 5) is 31.7. The third kappa shape index (κ3) is 2.81. The quantitative estimate of drug-likeness (QED) is 0.692. The van der Waals surface area contributed by atoms with Gasteiger partial charge in [-0.25, -0.2) is 9.18 Å². The summed E-state index contributed by atoms with van der Waals surface area (Å²) >= 11 is 0. The number of benzene rings is 1. The monoisotopic (exact) mass is 359 g/mol. The second-order valence-electron chi connectivity index (χ2n) is 6.17. The minimum absolute atomic E-state index is 0.313. The van der Waals surface area contributed by atoms with Gasteiger partial charge in [0, 0.05) is 27.2 Å². The Bertz CT molecular complexity index is 1060. The lowest BCUT2D eigenvalue weighted by Gasteiger charge is -2.21. The minimum atomic E-state index is -0.417. The van der Waals surface area contributed by atoms with Gasteiger partial charge in [0.05, 0.1) is 6.54 Å². The third-order valence-corrected chi connectivity index (χ3v) is 4.63. The molecule has 0 amide bonds. The molecule has 7 nitrogen and oxygen atoms in total. The Morgan fingerprint density at radius 2 is 1.65 bits per heavy atom. The van der Waals surface area contributed by atoms with Crippen molar-refractivity contribution in [3.63, 3.8) is 0 Å². The van der Waals surface area contributed by atoms with Gasteiger partial charge in [-0.3, -0.25) is 18.5 Å². The van der Waals surface area contributed by atoms with Crippen LogP contribution in [0.3, 0.4) is 0 Å². The summed E-state index contributed by atoms with van der Waals surface area (Å²) in [6.45, 7) is 5.77. The predicted molar refractivity (Wildman–Crippen MR) is 99.3 cm³/mol. The normalized spacial score (nSPS) is 11.3. The predicted octanol–water partition coefficient (Wildman–Crippen LogP) is 1.47. The molecule has 0 saturated heterocycles. The van der Waals surface area contributed by atoms with E-state index in [2.05, 4.69) is 4.98 Å². The molecule has 3 aromatic rings. The summed E-state index contributed by atoms with van der Waals surface area (Å²) < 4.78 is 17.5. The van der Waals surface area contributed by atoms with Crippen molar-refractivity contribution >= 4 is 17.1 Å². The van der Waals surface area contributed by atoms with E-state index in [9.17, 15) is 14.0 Å². The summed E-state index contributed by atoms with van der Waals surface area (Å²) in [7, 11) is 3.06. The van der Waals surface area contributed by atoms with Crippen LogP contribution >= 0.6 is 0 Å². The Kier molecular flexibility index (Phi) is 4.67. The zero-order valence-corrected chi connectivity index (χ0v) is 15.4. The molecule has 2 aromatic heterocycles. The summed E-state index contributed by atoms with van der Waals surface area (Å²) in [5.74, 6) is 0.305. The summed E-state index contributed by atoms with van der Waals surface area (Å²) in [5, 5.41) is 0. The van der Waals surface area contributed by atoms with Crippen LogP contribution in [0.2, 0.25) is 0 Å². The standard InChI is InChI=1S/C18H22FN5O2/c1-5-23(6-2)17-20-15-14(16(25)22(4)18(26)21(15)3)24(17)11-12-7-9-13(19)10-8-12/h7-10H,5-6,11H2,1-4H3. The fourth-order valence-electron chi connectivity index (χ4n) is 3.11. The molecular weight excluding hydrogens is 337 g/mol. The van der Waals surface area contributed by atoms with Crippen molar-refractivity contribution in [3.05, 3.63) is 56.5 Å². The first-order valence-electron chi connectivity index (χ1n) is 8.54. The molecule has 0 aliphatic rings. The van der Waals surface area contributed by atoms with E-state index in [1.54, 1.807) is 23.7 Å². The SMILES string of the molecule is CCN(CC)c1nc2c(c(=O)n(C)c(=O)n2C)n1Cc1ccc(F)cc1. The number of hydrogen-bond donors (Lipinski definition) is 0. The molecule has 0 fully saturated rings. The van der Waals surface area contributed by atoms with Gasteiger partial charge in [-0.1, -0.05) is 12.1 Å². The lowest BCUT2D eigenvalue weighted by molar-refractivity contribution is 0.626. The van der Waals surface area contributed by atoms with Crippen LogP contribution in [-0.4, -0.2) is 31.8 Å². The van der Waals surface area contributed by atoms with Gasteiger partial charge in [-0.05, 0) is 31.5 Å². The first-order chi connectivity index (χ1) is 12.4. The van der Waals surface area contributed by atoms with Crippen LogP contribution in [0.4, 0.5) is 10.3 Å². The van der Waals surface area contributed by atoms with Gasteiger partial charge in [0.2, 0.25) is 5.95 Å². The number of aromatic nitrogens is 4. The van der Waals surface area contributed by atoms with Crippen molar-refractivity contribution in [2.45, 2.75) is 20.4 Å². The number of nitrogens with zero attached hydrogens (tertiary/aromatic N) is 5. The molecule has 0 spiro atoms.